The highest BCUT2D eigenvalue weighted by Gasteiger charge is 2.12. The Morgan fingerprint density at radius 1 is 1.12 bits per heavy atom. The average Bonchev–Trinajstić information content (AvgIpc) is 2.24. The zero-order valence-corrected chi connectivity index (χ0v) is 10.6. The van der Waals surface area contributed by atoms with Gasteiger partial charge >= 0.3 is 0 Å². The fourth-order valence-electron chi connectivity index (χ4n) is 1.25. The minimum absolute atomic E-state index is 0.268. The molecule has 3 heteroatoms. The molecule has 1 aromatic rings. The van der Waals surface area contributed by atoms with Crippen molar-refractivity contribution in [3.8, 4) is 0 Å². The molecule has 1 aromatic carbocycles. The minimum Gasteiger partial charge on any atom is -0.346 e. The standard InChI is InChI=1S/C13H21NO2/c1-5-14(11-15-16-13(2,3)4)12-9-7-6-8-10-12/h6-10H,5,11H2,1-4H3. The van der Waals surface area contributed by atoms with Crippen LogP contribution in [0.25, 0.3) is 0 Å². The summed E-state index contributed by atoms with van der Waals surface area (Å²) in [6.45, 7) is 9.31. The molecule has 0 fully saturated rings. The molecule has 0 unspecified atom stereocenters. The van der Waals surface area contributed by atoms with Crippen molar-refractivity contribution in [3.63, 3.8) is 0 Å². The molecule has 0 aliphatic rings. The monoisotopic (exact) mass is 223 g/mol. The van der Waals surface area contributed by atoms with Crippen LogP contribution in [-0.2, 0) is 9.78 Å². The number of para-hydroxylation sites is 1. The second kappa shape index (κ2) is 5.87. The lowest BCUT2D eigenvalue weighted by molar-refractivity contribution is -0.347. The Hall–Kier alpha value is -1.06. The third kappa shape index (κ3) is 4.64. The Kier molecular flexibility index (Phi) is 4.77. The van der Waals surface area contributed by atoms with Crippen molar-refractivity contribution in [1.29, 1.82) is 0 Å². The predicted octanol–water partition coefficient (Wildman–Crippen LogP) is 3.22. The lowest BCUT2D eigenvalue weighted by atomic mass is 10.2. The molecule has 3 nitrogen and oxygen atoms in total. The zero-order chi connectivity index (χ0) is 12.0. The summed E-state index contributed by atoms with van der Waals surface area (Å²) in [7, 11) is 0. The van der Waals surface area contributed by atoms with E-state index in [1.54, 1.807) is 0 Å². The molecule has 0 aliphatic heterocycles. The van der Waals surface area contributed by atoms with Crippen LogP contribution in [-0.4, -0.2) is 18.9 Å². The third-order valence-corrected chi connectivity index (χ3v) is 2.02. The maximum Gasteiger partial charge on any atom is 0.154 e. The van der Waals surface area contributed by atoms with Gasteiger partial charge in [0.05, 0.1) is 5.60 Å². The summed E-state index contributed by atoms with van der Waals surface area (Å²) in [5.41, 5.74) is 0.873. The van der Waals surface area contributed by atoms with E-state index in [0.717, 1.165) is 12.2 Å². The molecule has 0 saturated carbocycles. The van der Waals surface area contributed by atoms with Crippen LogP contribution in [0.5, 0.6) is 0 Å². The molecule has 0 spiro atoms. The number of hydrogen-bond donors (Lipinski definition) is 0. The number of nitrogens with zero attached hydrogens (tertiary/aromatic N) is 1. The average molecular weight is 223 g/mol. The van der Waals surface area contributed by atoms with Crippen molar-refractivity contribution >= 4 is 5.69 Å². The van der Waals surface area contributed by atoms with Crippen molar-refractivity contribution in [2.24, 2.45) is 0 Å². The van der Waals surface area contributed by atoms with Gasteiger partial charge in [-0.05, 0) is 39.8 Å². The van der Waals surface area contributed by atoms with E-state index < -0.39 is 0 Å². The second-order valence-electron chi connectivity index (χ2n) is 4.63. The van der Waals surface area contributed by atoms with Crippen LogP contribution in [0.1, 0.15) is 27.7 Å². The van der Waals surface area contributed by atoms with E-state index in [0.29, 0.717) is 6.73 Å². The highest BCUT2D eigenvalue weighted by Crippen LogP contribution is 2.14. The number of rotatable bonds is 5. The Morgan fingerprint density at radius 2 is 1.75 bits per heavy atom. The molecular formula is C13H21NO2. The van der Waals surface area contributed by atoms with Crippen molar-refractivity contribution < 1.29 is 9.78 Å². The second-order valence-corrected chi connectivity index (χ2v) is 4.63. The lowest BCUT2D eigenvalue weighted by Crippen LogP contribution is -2.29. The van der Waals surface area contributed by atoms with E-state index in [4.69, 9.17) is 9.78 Å². The maximum absolute atomic E-state index is 5.24. The third-order valence-electron chi connectivity index (χ3n) is 2.02. The molecule has 0 heterocycles. The summed E-state index contributed by atoms with van der Waals surface area (Å²) in [6, 6.07) is 10.2. The first kappa shape index (κ1) is 13.0. The van der Waals surface area contributed by atoms with E-state index in [1.807, 2.05) is 39.0 Å². The largest absolute Gasteiger partial charge is 0.346 e. The molecule has 0 bridgehead atoms. The van der Waals surface area contributed by atoms with Gasteiger partial charge in [0.15, 0.2) is 6.73 Å². The Morgan fingerprint density at radius 3 is 2.25 bits per heavy atom. The van der Waals surface area contributed by atoms with Gasteiger partial charge in [0, 0.05) is 12.2 Å². The van der Waals surface area contributed by atoms with Crippen LogP contribution in [0.4, 0.5) is 5.69 Å². The van der Waals surface area contributed by atoms with Crippen LogP contribution >= 0.6 is 0 Å². The van der Waals surface area contributed by atoms with E-state index >= 15 is 0 Å². The molecule has 0 atom stereocenters. The van der Waals surface area contributed by atoms with Gasteiger partial charge in [-0.1, -0.05) is 18.2 Å². The molecule has 0 amide bonds. The molecule has 0 radical (unpaired) electrons. The highest BCUT2D eigenvalue weighted by atomic mass is 17.2. The fraction of sp³-hybridized carbons (Fsp3) is 0.538. The van der Waals surface area contributed by atoms with Crippen LogP contribution in [0.2, 0.25) is 0 Å². The van der Waals surface area contributed by atoms with Crippen molar-refractivity contribution in [3.05, 3.63) is 30.3 Å². The molecule has 0 aromatic heterocycles. The van der Waals surface area contributed by atoms with Gasteiger partial charge in [-0.25, -0.2) is 9.78 Å². The van der Waals surface area contributed by atoms with E-state index in [-0.39, 0.29) is 5.60 Å². The quantitative estimate of drug-likeness (QED) is 0.434. The van der Waals surface area contributed by atoms with Crippen molar-refractivity contribution in [1.82, 2.24) is 0 Å². The molecular weight excluding hydrogens is 202 g/mol. The minimum atomic E-state index is -0.268. The van der Waals surface area contributed by atoms with E-state index in [1.165, 1.54) is 0 Å². The smallest absolute Gasteiger partial charge is 0.154 e. The molecule has 1 rings (SSSR count). The van der Waals surface area contributed by atoms with Gasteiger partial charge in [-0.3, -0.25) is 0 Å². The van der Waals surface area contributed by atoms with Gasteiger partial charge in [0.25, 0.3) is 0 Å². The van der Waals surface area contributed by atoms with Crippen molar-refractivity contribution in [2.45, 2.75) is 33.3 Å². The van der Waals surface area contributed by atoms with Gasteiger partial charge in [-0.15, -0.1) is 0 Å². The topological polar surface area (TPSA) is 21.7 Å². The number of anilines is 1. The van der Waals surface area contributed by atoms with Gasteiger partial charge in [0.2, 0.25) is 0 Å². The maximum atomic E-state index is 5.24. The zero-order valence-electron chi connectivity index (χ0n) is 10.6. The highest BCUT2D eigenvalue weighted by molar-refractivity contribution is 5.45. The first-order chi connectivity index (χ1) is 7.53. The molecule has 16 heavy (non-hydrogen) atoms. The lowest BCUT2D eigenvalue weighted by Gasteiger charge is -2.25. The first-order valence-corrected chi connectivity index (χ1v) is 5.63. The van der Waals surface area contributed by atoms with Crippen LogP contribution < -0.4 is 4.90 Å². The molecule has 0 saturated heterocycles. The molecule has 0 N–H and O–H groups in total. The van der Waals surface area contributed by atoms with Crippen molar-refractivity contribution in [2.75, 3.05) is 18.2 Å². The first-order valence-electron chi connectivity index (χ1n) is 5.63. The molecule has 0 aliphatic carbocycles. The van der Waals surface area contributed by atoms with E-state index in [2.05, 4.69) is 24.0 Å². The Bertz CT molecular complexity index is 293. The number of benzene rings is 1. The van der Waals surface area contributed by atoms with Gasteiger partial charge in [0.1, 0.15) is 0 Å². The van der Waals surface area contributed by atoms with Crippen LogP contribution in [0.15, 0.2) is 30.3 Å². The summed E-state index contributed by atoms with van der Waals surface area (Å²) in [4.78, 5) is 12.6. The summed E-state index contributed by atoms with van der Waals surface area (Å²) < 4.78 is 0. The normalized spacial score (nSPS) is 11.5. The Balaban J connectivity index is 2.45. The molecule has 90 valence electrons. The summed E-state index contributed by atoms with van der Waals surface area (Å²) in [5, 5.41) is 0. The van der Waals surface area contributed by atoms with Gasteiger partial charge < -0.3 is 4.90 Å². The summed E-state index contributed by atoms with van der Waals surface area (Å²) in [6.07, 6.45) is 0. The predicted molar refractivity (Wildman–Crippen MR) is 66.3 cm³/mol. The fourth-order valence-corrected chi connectivity index (χ4v) is 1.25. The van der Waals surface area contributed by atoms with Crippen LogP contribution in [0, 0.1) is 0 Å². The summed E-state index contributed by atoms with van der Waals surface area (Å²) >= 11 is 0. The SMILES string of the molecule is CCN(COOC(C)(C)C)c1ccccc1. The summed E-state index contributed by atoms with van der Waals surface area (Å²) in [5.74, 6) is 0. The van der Waals surface area contributed by atoms with Crippen LogP contribution in [0.3, 0.4) is 0 Å². The van der Waals surface area contributed by atoms with Gasteiger partial charge in [-0.2, -0.15) is 0 Å². The Labute approximate surface area is 97.9 Å². The number of hydrogen-bond acceptors (Lipinski definition) is 3. The van der Waals surface area contributed by atoms with E-state index in [9.17, 15) is 0 Å².